The Labute approximate surface area is 106 Å². The zero-order valence-corrected chi connectivity index (χ0v) is 11.1. The van der Waals surface area contributed by atoms with Crippen molar-refractivity contribution < 1.29 is 4.74 Å². The van der Waals surface area contributed by atoms with Crippen molar-refractivity contribution in [3.63, 3.8) is 0 Å². The smallest absolute Gasteiger partial charge is 0.180 e. The second kappa shape index (κ2) is 4.84. The van der Waals surface area contributed by atoms with Crippen molar-refractivity contribution in [3.8, 4) is 17.0 Å². The lowest BCUT2D eigenvalue weighted by Gasteiger charge is -2.08. The molecule has 1 heterocycles. The number of anilines is 1. The predicted molar refractivity (Wildman–Crippen MR) is 70.8 cm³/mol. The van der Waals surface area contributed by atoms with Crippen LogP contribution in [-0.4, -0.2) is 11.6 Å². The maximum Gasteiger partial charge on any atom is 0.180 e. The molecule has 0 aliphatic heterocycles. The zero-order chi connectivity index (χ0) is 11.5. The van der Waals surface area contributed by atoms with E-state index < -0.39 is 0 Å². The van der Waals surface area contributed by atoms with Crippen molar-refractivity contribution in [1.82, 2.24) is 4.98 Å². The van der Waals surface area contributed by atoms with Gasteiger partial charge in [-0.25, -0.2) is 4.98 Å². The van der Waals surface area contributed by atoms with Crippen molar-refractivity contribution in [3.05, 3.63) is 28.1 Å². The summed E-state index contributed by atoms with van der Waals surface area (Å²) < 4.78 is 6.56. The average molecular weight is 299 g/mol. The topological polar surface area (TPSA) is 48.1 Å². The van der Waals surface area contributed by atoms with E-state index >= 15 is 0 Å². The molecule has 1 aromatic carbocycles. The number of benzene rings is 1. The summed E-state index contributed by atoms with van der Waals surface area (Å²) >= 11 is 4.87. The Hall–Kier alpha value is -1.07. The highest BCUT2D eigenvalue weighted by molar-refractivity contribution is 9.10. The lowest BCUT2D eigenvalue weighted by Crippen LogP contribution is -1.94. The van der Waals surface area contributed by atoms with Crippen molar-refractivity contribution >= 4 is 32.4 Å². The number of nitrogens with zero attached hydrogens (tertiary/aromatic N) is 1. The fourth-order valence-corrected chi connectivity index (χ4v) is 2.32. The minimum atomic E-state index is 0.567. The van der Waals surface area contributed by atoms with Crippen LogP contribution in [0.3, 0.4) is 0 Å². The average Bonchev–Trinajstić information content (AvgIpc) is 2.68. The maximum absolute atomic E-state index is 5.63. The van der Waals surface area contributed by atoms with Crippen LogP contribution in [0.1, 0.15) is 6.92 Å². The van der Waals surface area contributed by atoms with E-state index in [1.165, 1.54) is 11.3 Å². The van der Waals surface area contributed by atoms with E-state index in [9.17, 15) is 0 Å². The number of rotatable bonds is 3. The molecule has 3 nitrogen and oxygen atoms in total. The maximum atomic E-state index is 5.63. The van der Waals surface area contributed by atoms with E-state index in [-0.39, 0.29) is 0 Å². The van der Waals surface area contributed by atoms with E-state index in [4.69, 9.17) is 10.5 Å². The van der Waals surface area contributed by atoms with Gasteiger partial charge in [0.2, 0.25) is 0 Å². The number of aromatic nitrogens is 1. The van der Waals surface area contributed by atoms with Crippen molar-refractivity contribution in [1.29, 1.82) is 0 Å². The van der Waals surface area contributed by atoms with Crippen LogP contribution in [0.15, 0.2) is 28.1 Å². The second-order valence-corrected chi connectivity index (χ2v) is 4.95. The molecule has 0 radical (unpaired) electrons. The van der Waals surface area contributed by atoms with Crippen molar-refractivity contribution in [2.45, 2.75) is 6.92 Å². The Morgan fingerprint density at radius 3 is 2.94 bits per heavy atom. The van der Waals surface area contributed by atoms with Gasteiger partial charge in [0.1, 0.15) is 5.75 Å². The van der Waals surface area contributed by atoms with E-state index in [1.807, 2.05) is 30.5 Å². The first-order valence-corrected chi connectivity index (χ1v) is 6.51. The summed E-state index contributed by atoms with van der Waals surface area (Å²) in [5.74, 6) is 0.830. The van der Waals surface area contributed by atoms with Gasteiger partial charge in [-0.2, -0.15) is 0 Å². The van der Waals surface area contributed by atoms with Crippen LogP contribution in [-0.2, 0) is 0 Å². The fourth-order valence-electron chi connectivity index (χ4n) is 1.40. The first-order chi connectivity index (χ1) is 7.70. The Morgan fingerprint density at radius 2 is 2.31 bits per heavy atom. The third kappa shape index (κ3) is 2.36. The summed E-state index contributed by atoms with van der Waals surface area (Å²) in [5.41, 5.74) is 7.45. The molecule has 0 fully saturated rings. The minimum Gasteiger partial charge on any atom is -0.493 e. The van der Waals surface area contributed by atoms with Gasteiger partial charge in [-0.05, 0) is 25.1 Å². The molecule has 1 aromatic heterocycles. The van der Waals surface area contributed by atoms with Crippen LogP contribution in [0, 0.1) is 0 Å². The standard InChI is InChI=1S/C11H11BrN2OS/c1-2-15-10-4-3-7(12)5-8(10)9-6-16-11(13)14-9/h3-6H,2H2,1H3,(H2,13,14). The molecule has 0 aliphatic rings. The molecule has 0 unspecified atom stereocenters. The van der Waals surface area contributed by atoms with Crippen LogP contribution < -0.4 is 10.5 Å². The monoisotopic (exact) mass is 298 g/mol. The van der Waals surface area contributed by atoms with Gasteiger partial charge in [0, 0.05) is 15.4 Å². The Morgan fingerprint density at radius 1 is 1.50 bits per heavy atom. The van der Waals surface area contributed by atoms with Gasteiger partial charge in [-0.1, -0.05) is 15.9 Å². The molecular formula is C11H11BrN2OS. The molecule has 0 atom stereocenters. The van der Waals surface area contributed by atoms with Crippen LogP contribution in [0.2, 0.25) is 0 Å². The van der Waals surface area contributed by atoms with Gasteiger partial charge in [0.15, 0.2) is 5.13 Å². The summed E-state index contributed by atoms with van der Waals surface area (Å²) in [6.07, 6.45) is 0. The molecule has 2 N–H and O–H groups in total. The van der Waals surface area contributed by atoms with Crippen LogP contribution in [0.25, 0.3) is 11.3 Å². The molecule has 5 heteroatoms. The van der Waals surface area contributed by atoms with Crippen LogP contribution in [0.4, 0.5) is 5.13 Å². The molecule has 0 saturated carbocycles. The lowest BCUT2D eigenvalue weighted by molar-refractivity contribution is 0.341. The highest BCUT2D eigenvalue weighted by Crippen LogP contribution is 2.33. The van der Waals surface area contributed by atoms with E-state index in [0.29, 0.717) is 11.7 Å². The normalized spacial score (nSPS) is 10.4. The summed E-state index contributed by atoms with van der Waals surface area (Å²) in [4.78, 5) is 4.26. The first-order valence-electron chi connectivity index (χ1n) is 4.84. The van der Waals surface area contributed by atoms with Gasteiger partial charge in [-0.15, -0.1) is 11.3 Å². The Balaban J connectivity index is 2.48. The summed E-state index contributed by atoms with van der Waals surface area (Å²) in [6.45, 7) is 2.59. The molecule has 2 aromatic rings. The molecular weight excluding hydrogens is 288 g/mol. The zero-order valence-electron chi connectivity index (χ0n) is 8.74. The van der Waals surface area contributed by atoms with Gasteiger partial charge in [-0.3, -0.25) is 0 Å². The molecule has 0 amide bonds. The van der Waals surface area contributed by atoms with Gasteiger partial charge >= 0.3 is 0 Å². The number of hydrogen-bond donors (Lipinski definition) is 1. The minimum absolute atomic E-state index is 0.567. The summed E-state index contributed by atoms with van der Waals surface area (Å²) in [6, 6.07) is 5.86. The predicted octanol–water partition coefficient (Wildman–Crippen LogP) is 3.55. The number of nitrogens with two attached hydrogens (primary N) is 1. The molecule has 0 bridgehead atoms. The number of hydrogen-bond acceptors (Lipinski definition) is 4. The van der Waals surface area contributed by atoms with Gasteiger partial charge in [0.25, 0.3) is 0 Å². The number of halogens is 1. The molecule has 0 aliphatic carbocycles. The third-order valence-corrected chi connectivity index (χ3v) is 3.21. The number of ether oxygens (including phenoxy) is 1. The first kappa shape index (κ1) is 11.4. The second-order valence-electron chi connectivity index (χ2n) is 3.14. The van der Waals surface area contributed by atoms with Crippen LogP contribution >= 0.6 is 27.3 Å². The van der Waals surface area contributed by atoms with E-state index in [2.05, 4.69) is 20.9 Å². The molecule has 16 heavy (non-hydrogen) atoms. The fraction of sp³-hybridized carbons (Fsp3) is 0.182. The van der Waals surface area contributed by atoms with Gasteiger partial charge < -0.3 is 10.5 Å². The highest BCUT2D eigenvalue weighted by atomic mass is 79.9. The number of thiazole rings is 1. The SMILES string of the molecule is CCOc1ccc(Br)cc1-c1csc(N)n1. The summed E-state index contributed by atoms with van der Waals surface area (Å²) in [5, 5.41) is 2.50. The lowest BCUT2D eigenvalue weighted by atomic mass is 10.1. The largest absolute Gasteiger partial charge is 0.493 e. The Kier molecular flexibility index (Phi) is 3.46. The summed E-state index contributed by atoms with van der Waals surface area (Å²) in [7, 11) is 0. The van der Waals surface area contributed by atoms with E-state index in [0.717, 1.165) is 21.5 Å². The quantitative estimate of drug-likeness (QED) is 0.942. The van der Waals surface area contributed by atoms with Crippen LogP contribution in [0.5, 0.6) is 5.75 Å². The van der Waals surface area contributed by atoms with Crippen molar-refractivity contribution in [2.75, 3.05) is 12.3 Å². The Bertz CT molecular complexity index is 498. The molecule has 0 saturated heterocycles. The molecule has 2 rings (SSSR count). The third-order valence-electron chi connectivity index (χ3n) is 2.04. The number of nitrogen functional groups attached to an aromatic ring is 1. The molecule has 0 spiro atoms. The molecule has 84 valence electrons. The van der Waals surface area contributed by atoms with E-state index in [1.54, 1.807) is 0 Å². The van der Waals surface area contributed by atoms with Gasteiger partial charge in [0.05, 0.1) is 12.3 Å². The van der Waals surface area contributed by atoms with Crippen molar-refractivity contribution in [2.24, 2.45) is 0 Å². The highest BCUT2D eigenvalue weighted by Gasteiger charge is 2.09.